The third kappa shape index (κ3) is 6.88. The van der Waals surface area contributed by atoms with Gasteiger partial charge in [-0.05, 0) is 73.6 Å². The Balaban J connectivity index is 1.93. The zero-order valence-corrected chi connectivity index (χ0v) is 25.8. The number of benzene rings is 2. The Morgan fingerprint density at radius 3 is 2.32 bits per heavy atom. The van der Waals surface area contributed by atoms with E-state index in [9.17, 15) is 17.2 Å². The van der Waals surface area contributed by atoms with Crippen LogP contribution in [0.25, 0.3) is 0 Å². The highest BCUT2D eigenvalue weighted by molar-refractivity contribution is 9.10. The smallest absolute Gasteiger partial charge is 0.267 e. The minimum Gasteiger partial charge on any atom is -0.472 e. The first-order valence-electron chi connectivity index (χ1n) is 12.3. The van der Waals surface area contributed by atoms with Crippen molar-refractivity contribution in [1.82, 2.24) is 0 Å². The summed E-state index contributed by atoms with van der Waals surface area (Å²) in [5, 5.41) is -1.02. The van der Waals surface area contributed by atoms with Crippen molar-refractivity contribution in [2.75, 3.05) is 6.61 Å². The molecule has 0 saturated carbocycles. The predicted octanol–water partition coefficient (Wildman–Crippen LogP) is 7.89. The fourth-order valence-electron chi connectivity index (χ4n) is 4.31. The summed E-state index contributed by atoms with van der Waals surface area (Å²) in [6.45, 7) is 14.3. The lowest BCUT2D eigenvalue weighted by molar-refractivity contribution is 0.0797. The van der Waals surface area contributed by atoms with Gasteiger partial charge in [0.1, 0.15) is 10.9 Å². The van der Waals surface area contributed by atoms with Crippen molar-refractivity contribution >= 4 is 40.2 Å². The molecule has 0 N–H and O–H groups in total. The molecule has 37 heavy (non-hydrogen) atoms. The van der Waals surface area contributed by atoms with Gasteiger partial charge in [-0.15, -0.1) is 4.40 Å². The van der Waals surface area contributed by atoms with E-state index in [0.717, 1.165) is 10.5 Å². The average molecular weight is 617 g/mol. The van der Waals surface area contributed by atoms with Crippen molar-refractivity contribution in [3.63, 3.8) is 0 Å². The zero-order chi connectivity index (χ0) is 27.8. The Labute approximate surface area is 229 Å². The minimum atomic E-state index is -4.00. The fourth-order valence-corrected chi connectivity index (χ4v) is 7.40. The normalized spacial score (nSPS) is 20.2. The van der Waals surface area contributed by atoms with Crippen LogP contribution in [0.15, 0.2) is 51.3 Å². The maximum absolute atomic E-state index is 14.9. The number of halogens is 3. The Hall–Kier alpha value is -1.62. The summed E-state index contributed by atoms with van der Waals surface area (Å²) in [7, 11) is -6.07. The molecule has 3 rings (SSSR count). The predicted molar refractivity (Wildman–Crippen MR) is 150 cm³/mol. The second-order valence-corrected chi connectivity index (χ2v) is 19.0. The monoisotopic (exact) mass is 615 g/mol. The van der Waals surface area contributed by atoms with Gasteiger partial charge >= 0.3 is 0 Å². The lowest BCUT2D eigenvalue weighted by Crippen LogP contribution is -2.43. The highest BCUT2D eigenvalue weighted by Gasteiger charge is 2.47. The van der Waals surface area contributed by atoms with Gasteiger partial charge < -0.3 is 9.16 Å². The summed E-state index contributed by atoms with van der Waals surface area (Å²) in [5.74, 6) is -2.51. The zero-order valence-electron chi connectivity index (χ0n) is 22.4. The van der Waals surface area contributed by atoms with Crippen molar-refractivity contribution in [2.24, 2.45) is 4.40 Å². The lowest BCUT2D eigenvalue weighted by Gasteiger charge is -2.38. The van der Waals surface area contributed by atoms with Gasteiger partial charge in [0.05, 0.1) is 0 Å². The molecule has 2 unspecified atom stereocenters. The van der Waals surface area contributed by atoms with E-state index in [1.807, 2.05) is 0 Å². The van der Waals surface area contributed by atoms with Crippen LogP contribution in [0, 0.1) is 11.6 Å². The van der Waals surface area contributed by atoms with Crippen LogP contribution in [0.2, 0.25) is 18.1 Å². The Bertz CT molecular complexity index is 1260. The maximum Gasteiger partial charge on any atom is 0.267 e. The fraction of sp³-hybridized carbons (Fsp3) is 0.519. The first-order valence-corrected chi connectivity index (χ1v) is 17.5. The minimum absolute atomic E-state index is 0.00302. The molecule has 0 aromatic heterocycles. The van der Waals surface area contributed by atoms with Crippen molar-refractivity contribution in [3.8, 4) is 0 Å². The summed E-state index contributed by atoms with van der Waals surface area (Å²) in [6, 6.07) is 11.0. The highest BCUT2D eigenvalue weighted by Crippen LogP contribution is 2.43. The molecule has 0 amide bonds. The molecule has 0 saturated heterocycles. The highest BCUT2D eigenvalue weighted by atomic mass is 79.9. The van der Waals surface area contributed by atoms with E-state index < -0.39 is 46.7 Å². The molecule has 1 heterocycles. The molecule has 0 bridgehead atoms. The number of rotatable bonds is 8. The molecule has 5 nitrogen and oxygen atoms in total. The van der Waals surface area contributed by atoms with Crippen LogP contribution < -0.4 is 0 Å². The summed E-state index contributed by atoms with van der Waals surface area (Å²) < 4.78 is 73.0. The van der Waals surface area contributed by atoms with E-state index in [1.165, 1.54) is 12.1 Å². The van der Waals surface area contributed by atoms with Gasteiger partial charge in [-0.3, -0.25) is 0 Å². The third-order valence-electron chi connectivity index (χ3n) is 7.29. The molecule has 2 aromatic carbocycles. The Morgan fingerprint density at radius 1 is 1.14 bits per heavy atom. The summed E-state index contributed by atoms with van der Waals surface area (Å²) in [4.78, 5) is 0. The van der Waals surface area contributed by atoms with E-state index >= 15 is 0 Å². The van der Waals surface area contributed by atoms with Crippen molar-refractivity contribution in [3.05, 3.63) is 69.7 Å². The topological polar surface area (TPSA) is 65.0 Å². The molecular formula is C27H36BrF2NO4SSi. The van der Waals surface area contributed by atoms with Crippen LogP contribution in [0.1, 0.15) is 69.8 Å². The summed E-state index contributed by atoms with van der Waals surface area (Å²) >= 11 is 3.37. The van der Waals surface area contributed by atoms with Gasteiger partial charge in [0.25, 0.3) is 10.0 Å². The van der Waals surface area contributed by atoms with Crippen LogP contribution >= 0.6 is 15.9 Å². The van der Waals surface area contributed by atoms with Crippen molar-refractivity contribution < 1.29 is 26.4 Å². The maximum atomic E-state index is 14.9. The molecule has 10 heteroatoms. The molecule has 0 aliphatic carbocycles. The lowest BCUT2D eigenvalue weighted by atomic mass is 9.91. The van der Waals surface area contributed by atoms with E-state index in [-0.39, 0.29) is 22.9 Å². The van der Waals surface area contributed by atoms with Gasteiger partial charge in [0, 0.05) is 17.5 Å². The van der Waals surface area contributed by atoms with Crippen LogP contribution in [-0.2, 0) is 19.2 Å². The van der Waals surface area contributed by atoms with Crippen molar-refractivity contribution in [1.29, 1.82) is 0 Å². The number of nitrogens with zero attached hydrogens (tertiary/aromatic N) is 1. The second-order valence-electron chi connectivity index (χ2n) is 11.6. The standard InChI is InChI=1S/C27H36BrF2NO4SSi/c1-26(2,3)37(6,7)34-16-15-19(21-9-8-10-22(29)24(21)30)17-23-31-36(32,33)25(27(4,5)35-23)18-11-13-20(28)14-12-18/h8-14,19,25H,15-17H2,1-7H3. The molecule has 0 spiro atoms. The van der Waals surface area contributed by atoms with E-state index in [0.29, 0.717) is 18.6 Å². The van der Waals surface area contributed by atoms with Crippen LogP contribution in [-0.4, -0.2) is 34.8 Å². The van der Waals surface area contributed by atoms with Gasteiger partial charge in [-0.25, -0.2) is 17.2 Å². The van der Waals surface area contributed by atoms with Crippen LogP contribution in [0.3, 0.4) is 0 Å². The quantitative estimate of drug-likeness (QED) is 0.283. The molecule has 0 radical (unpaired) electrons. The molecule has 2 aromatic rings. The number of ether oxygens (including phenoxy) is 1. The third-order valence-corrected chi connectivity index (χ3v) is 14.3. The molecule has 204 valence electrons. The Morgan fingerprint density at radius 2 is 1.76 bits per heavy atom. The summed E-state index contributed by atoms with van der Waals surface area (Å²) in [5.41, 5.74) is -0.422. The Kier molecular flexibility index (Phi) is 8.79. The van der Waals surface area contributed by atoms with Gasteiger partial charge in [-0.2, -0.15) is 0 Å². The first kappa shape index (κ1) is 29.9. The number of hydrogen-bond donors (Lipinski definition) is 0. The molecule has 1 aliphatic heterocycles. The average Bonchev–Trinajstić information content (AvgIpc) is 2.74. The number of hydrogen-bond acceptors (Lipinski definition) is 4. The van der Waals surface area contributed by atoms with E-state index in [2.05, 4.69) is 54.2 Å². The van der Waals surface area contributed by atoms with Gasteiger partial charge in [0.2, 0.25) is 5.90 Å². The van der Waals surface area contributed by atoms with Gasteiger partial charge in [-0.1, -0.05) is 61.0 Å². The molecular weight excluding hydrogens is 580 g/mol. The summed E-state index contributed by atoms with van der Waals surface area (Å²) in [6.07, 6.45) is 0.350. The van der Waals surface area contributed by atoms with Gasteiger partial charge in [0.15, 0.2) is 20.0 Å². The largest absolute Gasteiger partial charge is 0.472 e. The van der Waals surface area contributed by atoms with Crippen molar-refractivity contribution in [2.45, 2.75) is 82.4 Å². The SMILES string of the molecule is CC1(C)OC(CC(CCO[Si](C)(C)C(C)(C)C)c2cccc(F)c2F)=NS(=O)(=O)C1c1ccc(Br)cc1. The molecule has 2 atom stereocenters. The second kappa shape index (κ2) is 10.9. The van der Waals surface area contributed by atoms with Crippen LogP contribution in [0.4, 0.5) is 8.78 Å². The number of sulfonamides is 1. The molecule has 0 fully saturated rings. The van der Waals surface area contributed by atoms with E-state index in [4.69, 9.17) is 9.16 Å². The van der Waals surface area contributed by atoms with Crippen LogP contribution in [0.5, 0.6) is 0 Å². The molecule has 1 aliphatic rings. The first-order chi connectivity index (χ1) is 16.9. The van der Waals surface area contributed by atoms with E-state index in [1.54, 1.807) is 38.1 Å².